The molecule has 0 unspecified atom stereocenters. The van der Waals surface area contributed by atoms with E-state index in [-0.39, 0.29) is 17.9 Å². The molecule has 0 radical (unpaired) electrons. The number of anilines is 1. The van der Waals surface area contributed by atoms with Crippen LogP contribution < -0.4 is 4.90 Å². The summed E-state index contributed by atoms with van der Waals surface area (Å²) >= 11 is 0. The first-order chi connectivity index (χ1) is 13.5. The highest BCUT2D eigenvalue weighted by Crippen LogP contribution is 2.28. The number of aliphatic hydroxyl groups is 1. The molecule has 0 aliphatic rings. The van der Waals surface area contributed by atoms with Gasteiger partial charge in [-0.1, -0.05) is 30.3 Å². The number of hydrogen-bond acceptors (Lipinski definition) is 5. The molecular weight excluding hydrogens is 363 g/mol. The quantitative estimate of drug-likeness (QED) is 0.580. The largest absolute Gasteiger partial charge is 0.505 e. The fourth-order valence-corrected chi connectivity index (χ4v) is 2.95. The predicted octanol–water partition coefficient (Wildman–Crippen LogP) is 3.32. The Balaban J connectivity index is 1.98. The fraction of sp³-hybridized carbons (Fsp3) is 0.143. The fourth-order valence-electron chi connectivity index (χ4n) is 2.95. The third-order valence-corrected chi connectivity index (χ3v) is 4.38. The SMILES string of the molecule is O=C(O)c1ncc(CN(Cc2ccccc2)c2ccc(F)cc2)c(CO)c1O. The Morgan fingerprint density at radius 3 is 2.32 bits per heavy atom. The standard InChI is InChI=1S/C21H19FN2O4/c22-16-6-8-17(9-7-16)24(11-14-4-2-1-3-5-14)12-15-10-23-19(21(27)28)20(26)18(15)13-25/h1-10,25-26H,11-13H2,(H,27,28). The molecule has 1 aromatic heterocycles. The Morgan fingerprint density at radius 1 is 1.04 bits per heavy atom. The molecule has 0 amide bonds. The lowest BCUT2D eigenvalue weighted by atomic mass is 10.1. The Kier molecular flexibility index (Phi) is 5.86. The number of hydrogen-bond donors (Lipinski definition) is 3. The van der Waals surface area contributed by atoms with Crippen molar-refractivity contribution in [2.24, 2.45) is 0 Å². The molecule has 7 heteroatoms. The molecule has 0 aliphatic carbocycles. The highest BCUT2D eigenvalue weighted by molar-refractivity contribution is 5.89. The summed E-state index contributed by atoms with van der Waals surface area (Å²) in [6.07, 6.45) is 1.33. The molecule has 3 aromatic rings. The van der Waals surface area contributed by atoms with Crippen molar-refractivity contribution in [3.8, 4) is 5.75 Å². The van der Waals surface area contributed by atoms with Crippen LogP contribution in [0.5, 0.6) is 5.75 Å². The van der Waals surface area contributed by atoms with E-state index < -0.39 is 24.0 Å². The zero-order valence-electron chi connectivity index (χ0n) is 14.9. The molecule has 3 N–H and O–H groups in total. The summed E-state index contributed by atoms with van der Waals surface area (Å²) in [5, 5.41) is 29.0. The monoisotopic (exact) mass is 382 g/mol. The third kappa shape index (κ3) is 4.27. The minimum Gasteiger partial charge on any atom is -0.505 e. The van der Waals surface area contributed by atoms with Crippen molar-refractivity contribution >= 4 is 11.7 Å². The van der Waals surface area contributed by atoms with Gasteiger partial charge in [-0.15, -0.1) is 0 Å². The van der Waals surface area contributed by atoms with Crippen LogP contribution >= 0.6 is 0 Å². The van der Waals surface area contributed by atoms with Gasteiger partial charge in [-0.2, -0.15) is 0 Å². The van der Waals surface area contributed by atoms with E-state index in [1.165, 1.54) is 18.3 Å². The van der Waals surface area contributed by atoms with Crippen molar-refractivity contribution in [2.75, 3.05) is 4.90 Å². The minimum absolute atomic E-state index is 0.104. The second kappa shape index (κ2) is 8.49. The van der Waals surface area contributed by atoms with E-state index in [9.17, 15) is 19.4 Å². The number of carbonyl (C=O) groups is 1. The van der Waals surface area contributed by atoms with Crippen LogP contribution in [0.15, 0.2) is 60.8 Å². The molecule has 0 saturated heterocycles. The van der Waals surface area contributed by atoms with E-state index in [0.29, 0.717) is 12.1 Å². The zero-order chi connectivity index (χ0) is 20.1. The molecular formula is C21H19FN2O4. The smallest absolute Gasteiger partial charge is 0.358 e. The van der Waals surface area contributed by atoms with E-state index in [1.807, 2.05) is 35.2 Å². The Labute approximate surface area is 161 Å². The van der Waals surface area contributed by atoms with Gasteiger partial charge in [0.25, 0.3) is 0 Å². The van der Waals surface area contributed by atoms with Crippen LogP contribution in [0, 0.1) is 5.82 Å². The van der Waals surface area contributed by atoms with Gasteiger partial charge in [0.2, 0.25) is 0 Å². The topological polar surface area (TPSA) is 93.9 Å². The molecule has 0 bridgehead atoms. The van der Waals surface area contributed by atoms with Gasteiger partial charge in [-0.3, -0.25) is 0 Å². The van der Waals surface area contributed by atoms with Gasteiger partial charge in [0.05, 0.1) is 6.61 Å². The number of benzene rings is 2. The first-order valence-electron chi connectivity index (χ1n) is 8.58. The molecule has 0 saturated carbocycles. The highest BCUT2D eigenvalue weighted by Gasteiger charge is 2.20. The maximum Gasteiger partial charge on any atom is 0.358 e. The van der Waals surface area contributed by atoms with E-state index in [2.05, 4.69) is 4.98 Å². The maximum atomic E-state index is 13.3. The maximum absolute atomic E-state index is 13.3. The first kappa shape index (κ1) is 19.3. The van der Waals surface area contributed by atoms with E-state index in [1.54, 1.807) is 12.1 Å². The van der Waals surface area contributed by atoms with Crippen LogP contribution in [0.25, 0.3) is 0 Å². The predicted molar refractivity (Wildman–Crippen MR) is 102 cm³/mol. The Morgan fingerprint density at radius 2 is 1.71 bits per heavy atom. The average Bonchev–Trinajstić information content (AvgIpc) is 2.69. The summed E-state index contributed by atoms with van der Waals surface area (Å²) in [4.78, 5) is 16.9. The number of carboxylic acid groups (broad SMARTS) is 1. The van der Waals surface area contributed by atoms with Crippen LogP contribution in [-0.2, 0) is 19.7 Å². The van der Waals surface area contributed by atoms with Gasteiger partial charge >= 0.3 is 5.97 Å². The van der Waals surface area contributed by atoms with Crippen molar-refractivity contribution in [3.63, 3.8) is 0 Å². The number of halogens is 1. The Hall–Kier alpha value is -3.45. The van der Waals surface area contributed by atoms with Crippen LogP contribution in [0.2, 0.25) is 0 Å². The summed E-state index contributed by atoms with van der Waals surface area (Å²) in [7, 11) is 0. The zero-order valence-corrected chi connectivity index (χ0v) is 14.9. The van der Waals surface area contributed by atoms with E-state index >= 15 is 0 Å². The van der Waals surface area contributed by atoms with E-state index in [4.69, 9.17) is 5.11 Å². The lowest BCUT2D eigenvalue weighted by molar-refractivity contribution is 0.0686. The van der Waals surface area contributed by atoms with Gasteiger partial charge in [-0.05, 0) is 35.4 Å². The number of pyridine rings is 1. The van der Waals surface area contributed by atoms with Gasteiger partial charge in [0, 0.05) is 30.5 Å². The van der Waals surface area contributed by atoms with Gasteiger partial charge in [0.15, 0.2) is 11.4 Å². The number of rotatable bonds is 7. The highest BCUT2D eigenvalue weighted by atomic mass is 19.1. The van der Waals surface area contributed by atoms with Crippen molar-refractivity contribution in [1.82, 2.24) is 4.98 Å². The summed E-state index contributed by atoms with van der Waals surface area (Å²) in [6.45, 7) is 0.183. The number of aromatic carboxylic acids is 1. The molecule has 2 aromatic carbocycles. The van der Waals surface area contributed by atoms with Crippen LogP contribution in [0.4, 0.5) is 10.1 Å². The van der Waals surface area contributed by atoms with Gasteiger partial charge in [-0.25, -0.2) is 14.2 Å². The number of aliphatic hydroxyl groups excluding tert-OH is 1. The molecule has 6 nitrogen and oxygen atoms in total. The molecule has 1 heterocycles. The minimum atomic E-state index is -1.38. The van der Waals surface area contributed by atoms with E-state index in [0.717, 1.165) is 11.3 Å². The molecule has 3 rings (SSSR count). The van der Waals surface area contributed by atoms with Gasteiger partial charge in [0.1, 0.15) is 5.82 Å². The molecule has 0 spiro atoms. The molecule has 0 atom stereocenters. The normalized spacial score (nSPS) is 10.6. The number of nitrogens with zero attached hydrogens (tertiary/aromatic N) is 2. The first-order valence-corrected chi connectivity index (χ1v) is 8.58. The van der Waals surface area contributed by atoms with Crippen LogP contribution in [-0.4, -0.2) is 26.3 Å². The summed E-state index contributed by atoms with van der Waals surface area (Å²) in [6, 6.07) is 15.6. The van der Waals surface area contributed by atoms with Crippen LogP contribution in [0.1, 0.15) is 27.2 Å². The van der Waals surface area contributed by atoms with Crippen molar-refractivity contribution in [3.05, 3.63) is 89.0 Å². The summed E-state index contributed by atoms with van der Waals surface area (Å²) < 4.78 is 13.3. The summed E-state index contributed by atoms with van der Waals surface area (Å²) in [5.74, 6) is -2.28. The lowest BCUT2D eigenvalue weighted by Crippen LogP contribution is -2.23. The molecule has 0 fully saturated rings. The number of aromatic hydroxyl groups is 1. The summed E-state index contributed by atoms with van der Waals surface area (Å²) in [5.41, 5.74) is 1.81. The van der Waals surface area contributed by atoms with Crippen molar-refractivity contribution in [1.29, 1.82) is 0 Å². The second-order valence-corrected chi connectivity index (χ2v) is 6.24. The number of carboxylic acids is 1. The third-order valence-electron chi connectivity index (χ3n) is 4.38. The van der Waals surface area contributed by atoms with Crippen LogP contribution in [0.3, 0.4) is 0 Å². The molecule has 0 aliphatic heterocycles. The Bertz CT molecular complexity index is 962. The van der Waals surface area contributed by atoms with Crippen molar-refractivity contribution < 1.29 is 24.5 Å². The van der Waals surface area contributed by atoms with Gasteiger partial charge < -0.3 is 20.2 Å². The second-order valence-electron chi connectivity index (χ2n) is 6.24. The molecule has 28 heavy (non-hydrogen) atoms. The molecule has 144 valence electrons. The van der Waals surface area contributed by atoms with Crippen molar-refractivity contribution in [2.45, 2.75) is 19.7 Å². The average molecular weight is 382 g/mol. The number of aromatic nitrogens is 1. The lowest BCUT2D eigenvalue weighted by Gasteiger charge is -2.26.